The predicted octanol–water partition coefficient (Wildman–Crippen LogP) is 5.81. The summed E-state index contributed by atoms with van der Waals surface area (Å²) >= 11 is 6.01. The van der Waals surface area contributed by atoms with Crippen molar-refractivity contribution in [3.8, 4) is 5.75 Å². The maximum atomic E-state index is 13.3. The largest absolute Gasteiger partial charge is 0.487 e. The molecule has 3 unspecified atom stereocenters. The van der Waals surface area contributed by atoms with E-state index in [1.165, 1.54) is 12.1 Å². The zero-order valence-electron chi connectivity index (χ0n) is 20.3. The molecule has 0 amide bonds. The fourth-order valence-corrected chi connectivity index (χ4v) is 4.39. The number of nitrogens with zero attached hydrogens (tertiary/aromatic N) is 1. The summed E-state index contributed by atoms with van der Waals surface area (Å²) in [5.74, 6) is 0.0158. The first kappa shape index (κ1) is 26.1. The third-order valence-corrected chi connectivity index (χ3v) is 6.43. The summed E-state index contributed by atoms with van der Waals surface area (Å²) in [6, 6.07) is 22.6. The summed E-state index contributed by atoms with van der Waals surface area (Å²) in [6.45, 7) is 4.53. The van der Waals surface area contributed by atoms with E-state index >= 15 is 0 Å². The zero-order valence-corrected chi connectivity index (χ0v) is 21.1. The van der Waals surface area contributed by atoms with Crippen LogP contribution in [0.3, 0.4) is 0 Å². The molecule has 0 aromatic heterocycles. The molecule has 0 N–H and O–H groups in total. The van der Waals surface area contributed by atoms with Crippen molar-refractivity contribution < 1.29 is 23.4 Å². The van der Waals surface area contributed by atoms with Crippen LogP contribution in [0, 0.1) is 5.82 Å². The second-order valence-corrected chi connectivity index (χ2v) is 9.46. The SMILES string of the molecule is CC(Oc1ccc(Cl)cc1)C(CN1CCCOC(Cc2ccc(F)cc2)C1)OC(=O)c1ccccc1. The van der Waals surface area contributed by atoms with E-state index in [9.17, 15) is 9.18 Å². The van der Waals surface area contributed by atoms with Gasteiger partial charge in [0.15, 0.2) is 6.10 Å². The average Bonchev–Trinajstić information content (AvgIpc) is 3.11. The van der Waals surface area contributed by atoms with Gasteiger partial charge < -0.3 is 14.2 Å². The molecule has 1 heterocycles. The Morgan fingerprint density at radius 1 is 1.08 bits per heavy atom. The number of halogens is 2. The van der Waals surface area contributed by atoms with Crippen LogP contribution in [-0.2, 0) is 15.9 Å². The average molecular weight is 512 g/mol. The van der Waals surface area contributed by atoms with Crippen LogP contribution in [0.5, 0.6) is 5.75 Å². The Morgan fingerprint density at radius 3 is 2.53 bits per heavy atom. The van der Waals surface area contributed by atoms with Crippen LogP contribution in [0.2, 0.25) is 5.02 Å². The molecule has 36 heavy (non-hydrogen) atoms. The molecule has 5 nitrogen and oxygen atoms in total. The molecular weight excluding hydrogens is 481 g/mol. The highest BCUT2D eigenvalue weighted by molar-refractivity contribution is 6.30. The summed E-state index contributed by atoms with van der Waals surface area (Å²) in [5, 5.41) is 0.624. The first-order valence-electron chi connectivity index (χ1n) is 12.2. The Morgan fingerprint density at radius 2 is 1.81 bits per heavy atom. The van der Waals surface area contributed by atoms with Crippen molar-refractivity contribution in [2.24, 2.45) is 0 Å². The molecular formula is C29H31ClFNO4. The lowest BCUT2D eigenvalue weighted by molar-refractivity contribution is -0.0211. The summed E-state index contributed by atoms with van der Waals surface area (Å²) < 4.78 is 31.5. The number of esters is 1. The Kier molecular flexibility index (Phi) is 9.34. The van der Waals surface area contributed by atoms with Crippen LogP contribution in [0.15, 0.2) is 78.9 Å². The number of carbonyl (C=O) groups is 1. The van der Waals surface area contributed by atoms with Gasteiger partial charge >= 0.3 is 5.97 Å². The van der Waals surface area contributed by atoms with E-state index < -0.39 is 12.2 Å². The monoisotopic (exact) mass is 511 g/mol. The van der Waals surface area contributed by atoms with E-state index in [-0.39, 0.29) is 17.9 Å². The van der Waals surface area contributed by atoms with Crippen LogP contribution < -0.4 is 4.74 Å². The van der Waals surface area contributed by atoms with Gasteiger partial charge in [0.2, 0.25) is 0 Å². The van der Waals surface area contributed by atoms with E-state index in [0.29, 0.717) is 42.5 Å². The molecule has 3 aromatic rings. The summed E-state index contributed by atoms with van der Waals surface area (Å²) in [7, 11) is 0. The first-order valence-corrected chi connectivity index (χ1v) is 12.6. The second-order valence-electron chi connectivity index (χ2n) is 9.02. The van der Waals surface area contributed by atoms with Crippen molar-refractivity contribution in [2.75, 3.05) is 26.2 Å². The van der Waals surface area contributed by atoms with Crippen molar-refractivity contribution in [1.82, 2.24) is 4.90 Å². The van der Waals surface area contributed by atoms with Gasteiger partial charge in [-0.25, -0.2) is 9.18 Å². The van der Waals surface area contributed by atoms with Gasteiger partial charge in [-0.05, 0) is 73.9 Å². The zero-order chi connectivity index (χ0) is 25.3. The van der Waals surface area contributed by atoms with E-state index in [1.54, 1.807) is 48.5 Å². The van der Waals surface area contributed by atoms with Crippen molar-refractivity contribution >= 4 is 17.6 Å². The van der Waals surface area contributed by atoms with Gasteiger partial charge in [-0.15, -0.1) is 0 Å². The van der Waals surface area contributed by atoms with E-state index in [0.717, 1.165) is 18.5 Å². The summed E-state index contributed by atoms with van der Waals surface area (Å²) in [6.07, 6.45) is 0.584. The van der Waals surface area contributed by atoms with Crippen LogP contribution in [0.4, 0.5) is 4.39 Å². The molecule has 0 aliphatic carbocycles. The smallest absolute Gasteiger partial charge is 0.338 e. The van der Waals surface area contributed by atoms with Gasteiger partial charge in [0.25, 0.3) is 0 Å². The van der Waals surface area contributed by atoms with Crippen molar-refractivity contribution in [3.05, 3.63) is 101 Å². The molecule has 0 spiro atoms. The van der Waals surface area contributed by atoms with Gasteiger partial charge in [-0.2, -0.15) is 0 Å². The number of carbonyl (C=O) groups excluding carboxylic acids is 1. The minimum Gasteiger partial charge on any atom is -0.487 e. The Balaban J connectivity index is 1.46. The Labute approximate surface area is 216 Å². The summed E-state index contributed by atoms with van der Waals surface area (Å²) in [4.78, 5) is 15.2. The maximum Gasteiger partial charge on any atom is 0.338 e. The predicted molar refractivity (Wildman–Crippen MR) is 138 cm³/mol. The van der Waals surface area contributed by atoms with Crippen LogP contribution in [-0.4, -0.2) is 55.4 Å². The molecule has 0 radical (unpaired) electrons. The highest BCUT2D eigenvalue weighted by atomic mass is 35.5. The fourth-order valence-electron chi connectivity index (χ4n) is 4.26. The van der Waals surface area contributed by atoms with Crippen LogP contribution in [0.25, 0.3) is 0 Å². The fraction of sp³-hybridized carbons (Fsp3) is 0.345. The van der Waals surface area contributed by atoms with Gasteiger partial charge in [0, 0.05) is 31.3 Å². The van der Waals surface area contributed by atoms with Crippen molar-refractivity contribution in [3.63, 3.8) is 0 Å². The molecule has 3 atom stereocenters. The van der Waals surface area contributed by atoms with Crippen molar-refractivity contribution in [1.29, 1.82) is 0 Å². The van der Waals surface area contributed by atoms with Gasteiger partial charge in [0.05, 0.1) is 11.7 Å². The Hall–Kier alpha value is -2.93. The lowest BCUT2D eigenvalue weighted by atomic mass is 10.1. The van der Waals surface area contributed by atoms with E-state index in [4.69, 9.17) is 25.8 Å². The first-order chi connectivity index (χ1) is 17.5. The van der Waals surface area contributed by atoms with Gasteiger partial charge in [-0.1, -0.05) is 41.9 Å². The maximum absolute atomic E-state index is 13.3. The molecule has 0 saturated carbocycles. The standard InChI is InChI=1S/C29H31ClFNO4/c1-21(35-26-14-10-24(30)11-15-26)28(36-29(33)23-6-3-2-4-7-23)20-32-16-5-17-34-27(19-32)18-22-8-12-25(31)13-9-22/h2-4,6-15,21,27-28H,5,16-20H2,1H3. The quantitative estimate of drug-likeness (QED) is 0.339. The van der Waals surface area contributed by atoms with Crippen LogP contribution in [0.1, 0.15) is 29.3 Å². The number of hydrogen-bond acceptors (Lipinski definition) is 5. The minimum absolute atomic E-state index is 0.0454. The number of benzene rings is 3. The molecule has 1 aliphatic heterocycles. The van der Waals surface area contributed by atoms with Gasteiger partial charge in [-0.3, -0.25) is 4.90 Å². The molecule has 190 valence electrons. The molecule has 7 heteroatoms. The normalized spacial score (nSPS) is 18.1. The van der Waals surface area contributed by atoms with Crippen LogP contribution >= 0.6 is 11.6 Å². The Bertz CT molecular complexity index is 1090. The lowest BCUT2D eigenvalue weighted by Gasteiger charge is -2.31. The second kappa shape index (κ2) is 12.9. The molecule has 1 saturated heterocycles. The lowest BCUT2D eigenvalue weighted by Crippen LogP contribution is -2.45. The number of rotatable bonds is 9. The highest BCUT2D eigenvalue weighted by Crippen LogP contribution is 2.21. The highest BCUT2D eigenvalue weighted by Gasteiger charge is 2.29. The number of ether oxygens (including phenoxy) is 3. The molecule has 4 rings (SSSR count). The molecule has 1 aliphatic rings. The molecule has 1 fully saturated rings. The summed E-state index contributed by atoms with van der Waals surface area (Å²) in [5.41, 5.74) is 1.52. The molecule has 3 aromatic carbocycles. The van der Waals surface area contributed by atoms with E-state index in [1.807, 2.05) is 25.1 Å². The van der Waals surface area contributed by atoms with Gasteiger partial charge in [0.1, 0.15) is 17.7 Å². The minimum atomic E-state index is -0.516. The number of hydrogen-bond donors (Lipinski definition) is 0. The topological polar surface area (TPSA) is 48.0 Å². The van der Waals surface area contributed by atoms with E-state index in [2.05, 4.69) is 4.90 Å². The third kappa shape index (κ3) is 7.79. The van der Waals surface area contributed by atoms with Crippen molar-refractivity contribution in [2.45, 2.75) is 38.1 Å². The third-order valence-electron chi connectivity index (χ3n) is 6.18. The molecule has 0 bridgehead atoms.